The summed E-state index contributed by atoms with van der Waals surface area (Å²) in [6.45, 7) is 3.54. The van der Waals surface area contributed by atoms with Crippen molar-refractivity contribution in [1.82, 2.24) is 15.2 Å². The highest BCUT2D eigenvalue weighted by molar-refractivity contribution is 5.92. The van der Waals surface area contributed by atoms with Crippen molar-refractivity contribution in [3.8, 4) is 5.75 Å². The Morgan fingerprint density at radius 1 is 1.06 bits per heavy atom. The molecule has 6 nitrogen and oxygen atoms in total. The van der Waals surface area contributed by atoms with E-state index in [0.29, 0.717) is 32.5 Å². The van der Waals surface area contributed by atoms with E-state index < -0.39 is 0 Å². The second-order valence-electron chi connectivity index (χ2n) is 8.76. The second kappa shape index (κ2) is 12.0. The van der Waals surface area contributed by atoms with Gasteiger partial charge in [0, 0.05) is 31.3 Å². The number of carbonyl (C=O) groups excluding carboxylic acids is 2. The SMILES string of the molecule is CC(NC(=O)C1CCN(C(=O)C=Cc2ccccc2)CC1)c1cccc(OCc2ccccn2)c1. The molecular weight excluding hydrogens is 438 g/mol. The molecule has 2 heterocycles. The minimum Gasteiger partial charge on any atom is -0.487 e. The number of nitrogens with zero attached hydrogens (tertiary/aromatic N) is 2. The van der Waals surface area contributed by atoms with Crippen molar-refractivity contribution in [3.05, 3.63) is 102 Å². The first-order valence-corrected chi connectivity index (χ1v) is 12.0. The van der Waals surface area contributed by atoms with Crippen LogP contribution in [0.1, 0.15) is 42.6 Å². The maximum absolute atomic E-state index is 12.9. The molecule has 6 heteroatoms. The molecule has 1 fully saturated rings. The average molecular weight is 470 g/mol. The van der Waals surface area contributed by atoms with Gasteiger partial charge in [-0.3, -0.25) is 14.6 Å². The van der Waals surface area contributed by atoms with Gasteiger partial charge in [-0.2, -0.15) is 0 Å². The van der Waals surface area contributed by atoms with Crippen LogP contribution in [0.3, 0.4) is 0 Å². The van der Waals surface area contributed by atoms with Crippen LogP contribution in [0.5, 0.6) is 5.75 Å². The van der Waals surface area contributed by atoms with Crippen LogP contribution in [0.4, 0.5) is 0 Å². The summed E-state index contributed by atoms with van der Waals surface area (Å²) in [5, 5.41) is 3.13. The first-order chi connectivity index (χ1) is 17.1. The molecule has 0 radical (unpaired) electrons. The molecule has 35 heavy (non-hydrogen) atoms. The van der Waals surface area contributed by atoms with Gasteiger partial charge in [-0.1, -0.05) is 48.5 Å². The van der Waals surface area contributed by atoms with Gasteiger partial charge in [0.15, 0.2) is 0 Å². The quantitative estimate of drug-likeness (QED) is 0.482. The zero-order valence-corrected chi connectivity index (χ0v) is 20.0. The Hall–Kier alpha value is -3.93. The molecule has 0 aliphatic carbocycles. The molecule has 1 aliphatic rings. The van der Waals surface area contributed by atoms with E-state index in [4.69, 9.17) is 4.74 Å². The molecule has 2 amide bonds. The summed E-state index contributed by atoms with van der Waals surface area (Å²) in [4.78, 5) is 31.5. The van der Waals surface area contributed by atoms with Gasteiger partial charge >= 0.3 is 0 Å². The molecule has 0 spiro atoms. The zero-order chi connectivity index (χ0) is 24.5. The topological polar surface area (TPSA) is 71.5 Å². The average Bonchev–Trinajstić information content (AvgIpc) is 2.92. The van der Waals surface area contributed by atoms with Crippen LogP contribution in [-0.2, 0) is 16.2 Å². The third-order valence-corrected chi connectivity index (χ3v) is 6.23. The maximum atomic E-state index is 12.9. The van der Waals surface area contributed by atoms with Gasteiger partial charge in [-0.15, -0.1) is 0 Å². The lowest BCUT2D eigenvalue weighted by Crippen LogP contribution is -2.43. The monoisotopic (exact) mass is 469 g/mol. The minimum absolute atomic E-state index is 0.0106. The maximum Gasteiger partial charge on any atom is 0.246 e. The van der Waals surface area contributed by atoms with E-state index in [9.17, 15) is 9.59 Å². The highest BCUT2D eigenvalue weighted by Gasteiger charge is 2.27. The molecule has 1 N–H and O–H groups in total. The van der Waals surface area contributed by atoms with Crippen molar-refractivity contribution < 1.29 is 14.3 Å². The molecule has 3 aromatic rings. The number of aromatic nitrogens is 1. The van der Waals surface area contributed by atoms with Crippen molar-refractivity contribution >= 4 is 17.9 Å². The number of nitrogens with one attached hydrogen (secondary N) is 1. The molecule has 1 unspecified atom stereocenters. The molecule has 4 rings (SSSR count). The molecule has 2 aromatic carbocycles. The Morgan fingerprint density at radius 2 is 1.83 bits per heavy atom. The number of hydrogen-bond acceptors (Lipinski definition) is 4. The van der Waals surface area contributed by atoms with Crippen LogP contribution >= 0.6 is 0 Å². The summed E-state index contributed by atoms with van der Waals surface area (Å²) in [7, 11) is 0. The smallest absolute Gasteiger partial charge is 0.246 e. The Kier molecular flexibility index (Phi) is 8.28. The summed E-state index contributed by atoms with van der Waals surface area (Å²) in [6, 6.07) is 23.1. The van der Waals surface area contributed by atoms with Gasteiger partial charge in [-0.05, 0) is 61.2 Å². The number of benzene rings is 2. The van der Waals surface area contributed by atoms with Crippen molar-refractivity contribution in [3.63, 3.8) is 0 Å². The van der Waals surface area contributed by atoms with Crippen LogP contribution in [0.2, 0.25) is 0 Å². The van der Waals surface area contributed by atoms with Crippen LogP contribution in [-0.4, -0.2) is 34.8 Å². The minimum atomic E-state index is -0.144. The van der Waals surface area contributed by atoms with Gasteiger partial charge in [0.05, 0.1) is 11.7 Å². The van der Waals surface area contributed by atoms with E-state index >= 15 is 0 Å². The van der Waals surface area contributed by atoms with E-state index in [0.717, 1.165) is 22.6 Å². The lowest BCUT2D eigenvalue weighted by molar-refractivity contribution is -0.132. The largest absolute Gasteiger partial charge is 0.487 e. The van der Waals surface area contributed by atoms with Crippen molar-refractivity contribution in [2.75, 3.05) is 13.1 Å². The first-order valence-electron chi connectivity index (χ1n) is 12.0. The lowest BCUT2D eigenvalue weighted by Gasteiger charge is -2.31. The summed E-state index contributed by atoms with van der Waals surface area (Å²) in [5.74, 6) is 0.667. The number of ether oxygens (including phenoxy) is 1. The van der Waals surface area contributed by atoms with Gasteiger partial charge in [0.1, 0.15) is 12.4 Å². The first kappa shape index (κ1) is 24.2. The molecule has 180 valence electrons. The Bertz CT molecular complexity index is 1140. The zero-order valence-electron chi connectivity index (χ0n) is 20.0. The van der Waals surface area contributed by atoms with Crippen molar-refractivity contribution in [2.24, 2.45) is 5.92 Å². The fourth-order valence-electron chi connectivity index (χ4n) is 4.13. The molecule has 0 saturated carbocycles. The summed E-state index contributed by atoms with van der Waals surface area (Å²) >= 11 is 0. The van der Waals surface area contributed by atoms with Crippen LogP contribution in [0, 0.1) is 5.92 Å². The van der Waals surface area contributed by atoms with Crippen LogP contribution in [0.15, 0.2) is 85.1 Å². The number of piperidine rings is 1. The fourth-order valence-corrected chi connectivity index (χ4v) is 4.13. The van der Waals surface area contributed by atoms with Crippen molar-refractivity contribution in [2.45, 2.75) is 32.4 Å². The number of rotatable bonds is 8. The Morgan fingerprint density at radius 3 is 2.57 bits per heavy atom. The third kappa shape index (κ3) is 7.03. The summed E-state index contributed by atoms with van der Waals surface area (Å²) in [6.07, 6.45) is 6.51. The fraction of sp³-hybridized carbons (Fsp3) is 0.276. The third-order valence-electron chi connectivity index (χ3n) is 6.23. The van der Waals surface area contributed by atoms with E-state index in [1.165, 1.54) is 0 Å². The summed E-state index contributed by atoms with van der Waals surface area (Å²) in [5.41, 5.74) is 2.84. The highest BCUT2D eigenvalue weighted by Crippen LogP contribution is 2.23. The van der Waals surface area contributed by atoms with E-state index in [2.05, 4.69) is 10.3 Å². The Balaban J connectivity index is 1.25. The standard InChI is InChI=1S/C29H31N3O3/c1-22(25-10-7-12-27(20-25)35-21-26-11-5-6-17-30-26)31-29(34)24-15-18-32(19-16-24)28(33)14-13-23-8-3-2-4-9-23/h2-14,17,20,22,24H,15-16,18-19,21H2,1H3,(H,31,34). The van der Waals surface area contributed by atoms with Gasteiger partial charge in [0.2, 0.25) is 11.8 Å². The van der Waals surface area contributed by atoms with E-state index in [1.807, 2.05) is 90.7 Å². The molecule has 1 atom stereocenters. The highest BCUT2D eigenvalue weighted by atomic mass is 16.5. The normalized spacial score (nSPS) is 15.1. The Labute approximate surface area is 206 Å². The van der Waals surface area contributed by atoms with Gasteiger partial charge in [0.25, 0.3) is 0 Å². The van der Waals surface area contributed by atoms with Gasteiger partial charge in [-0.25, -0.2) is 0 Å². The van der Waals surface area contributed by atoms with Gasteiger partial charge < -0.3 is 15.0 Å². The number of amides is 2. The van der Waals surface area contributed by atoms with Crippen LogP contribution in [0.25, 0.3) is 6.08 Å². The predicted molar refractivity (Wildman–Crippen MR) is 136 cm³/mol. The number of hydrogen-bond donors (Lipinski definition) is 1. The number of pyridine rings is 1. The number of likely N-dealkylation sites (tertiary alicyclic amines) is 1. The molecule has 0 bridgehead atoms. The molecule has 1 aromatic heterocycles. The van der Waals surface area contributed by atoms with E-state index in [1.54, 1.807) is 12.3 Å². The number of carbonyl (C=O) groups is 2. The van der Waals surface area contributed by atoms with Crippen LogP contribution < -0.4 is 10.1 Å². The summed E-state index contributed by atoms with van der Waals surface area (Å²) < 4.78 is 5.87. The molecular formula is C29H31N3O3. The lowest BCUT2D eigenvalue weighted by atomic mass is 9.95. The second-order valence-corrected chi connectivity index (χ2v) is 8.76. The van der Waals surface area contributed by atoms with Crippen molar-refractivity contribution in [1.29, 1.82) is 0 Å². The predicted octanol–water partition coefficient (Wildman–Crippen LogP) is 4.79. The molecule has 1 saturated heterocycles. The van der Waals surface area contributed by atoms with E-state index in [-0.39, 0.29) is 23.8 Å². The molecule has 1 aliphatic heterocycles.